The number of nitrogens with zero attached hydrogens (tertiary/aromatic N) is 2. The maximum Gasteiger partial charge on any atom is 0.416 e. The molecule has 24 heavy (non-hydrogen) atoms. The second-order valence-corrected chi connectivity index (χ2v) is 7.18. The fourth-order valence-electron chi connectivity index (χ4n) is 3.35. The summed E-state index contributed by atoms with van der Waals surface area (Å²) in [4.78, 5) is 6.74. The van der Waals surface area contributed by atoms with Crippen molar-refractivity contribution in [3.05, 3.63) is 52.0 Å². The lowest BCUT2D eigenvalue weighted by molar-refractivity contribution is -0.137. The van der Waals surface area contributed by atoms with Crippen molar-refractivity contribution in [3.8, 4) is 0 Å². The zero-order valence-electron chi connectivity index (χ0n) is 13.4. The van der Waals surface area contributed by atoms with Gasteiger partial charge in [-0.15, -0.1) is 11.3 Å². The second-order valence-electron chi connectivity index (χ2n) is 6.46. The Morgan fingerprint density at radius 1 is 1.29 bits per heavy atom. The van der Waals surface area contributed by atoms with Crippen LogP contribution in [0.3, 0.4) is 0 Å². The molecule has 0 spiro atoms. The molecule has 2 nitrogen and oxygen atoms in total. The highest BCUT2D eigenvalue weighted by molar-refractivity contribution is 7.07. The molecular formula is C18H21F3N2S. The van der Waals surface area contributed by atoms with Crippen LogP contribution in [-0.2, 0) is 19.1 Å². The van der Waals surface area contributed by atoms with E-state index in [1.165, 1.54) is 12.1 Å². The molecule has 0 aliphatic carbocycles. The summed E-state index contributed by atoms with van der Waals surface area (Å²) in [7, 11) is 0. The van der Waals surface area contributed by atoms with E-state index in [2.05, 4.69) is 15.3 Å². The largest absolute Gasteiger partial charge is 0.416 e. The van der Waals surface area contributed by atoms with Crippen LogP contribution in [0.15, 0.2) is 35.2 Å². The molecule has 0 radical (unpaired) electrons. The third-order valence-corrected chi connectivity index (χ3v) is 5.20. The number of thiazole rings is 1. The van der Waals surface area contributed by atoms with E-state index in [4.69, 9.17) is 0 Å². The lowest BCUT2D eigenvalue weighted by Crippen LogP contribution is -2.35. The molecule has 1 fully saturated rings. The van der Waals surface area contributed by atoms with Crippen LogP contribution in [0.25, 0.3) is 0 Å². The van der Waals surface area contributed by atoms with Crippen LogP contribution < -0.4 is 0 Å². The van der Waals surface area contributed by atoms with E-state index < -0.39 is 11.7 Å². The maximum atomic E-state index is 12.8. The average Bonchev–Trinajstić information content (AvgIpc) is 3.06. The number of likely N-dealkylation sites (tertiary alicyclic amines) is 1. The normalized spacial score (nSPS) is 19.5. The van der Waals surface area contributed by atoms with Crippen LogP contribution in [-0.4, -0.2) is 23.0 Å². The van der Waals surface area contributed by atoms with E-state index in [0.717, 1.165) is 56.2 Å². The highest BCUT2D eigenvalue weighted by Gasteiger charge is 2.30. The van der Waals surface area contributed by atoms with Crippen LogP contribution in [0.2, 0.25) is 0 Å². The van der Waals surface area contributed by atoms with Crippen LogP contribution >= 0.6 is 11.3 Å². The Balaban J connectivity index is 1.53. The Kier molecular flexibility index (Phi) is 5.56. The first kappa shape index (κ1) is 17.4. The summed E-state index contributed by atoms with van der Waals surface area (Å²) in [6, 6.07) is 5.73. The van der Waals surface area contributed by atoms with E-state index >= 15 is 0 Å². The summed E-state index contributed by atoms with van der Waals surface area (Å²) < 4.78 is 38.3. The molecule has 1 aliphatic heterocycles. The van der Waals surface area contributed by atoms with Gasteiger partial charge < -0.3 is 0 Å². The number of rotatable bonds is 5. The van der Waals surface area contributed by atoms with Gasteiger partial charge in [0, 0.05) is 18.5 Å². The molecule has 1 atom stereocenters. The van der Waals surface area contributed by atoms with Crippen LogP contribution in [0.1, 0.15) is 36.1 Å². The highest BCUT2D eigenvalue weighted by atomic mass is 32.1. The molecule has 1 saturated heterocycles. The minimum absolute atomic E-state index is 0.547. The zero-order valence-corrected chi connectivity index (χ0v) is 14.2. The van der Waals surface area contributed by atoms with Crippen LogP contribution in [0.5, 0.6) is 0 Å². The molecule has 130 valence electrons. The topological polar surface area (TPSA) is 16.1 Å². The fraction of sp³-hybridized carbons (Fsp3) is 0.500. The van der Waals surface area contributed by atoms with Crippen molar-refractivity contribution in [2.45, 2.75) is 38.4 Å². The van der Waals surface area contributed by atoms with Crippen molar-refractivity contribution in [1.82, 2.24) is 9.88 Å². The van der Waals surface area contributed by atoms with Crippen molar-refractivity contribution in [3.63, 3.8) is 0 Å². The van der Waals surface area contributed by atoms with Gasteiger partial charge in [-0.25, -0.2) is 4.98 Å². The summed E-state index contributed by atoms with van der Waals surface area (Å²) in [5.74, 6) is 0.548. The molecule has 0 unspecified atom stereocenters. The minimum atomic E-state index is -4.26. The smallest absolute Gasteiger partial charge is 0.297 e. The standard InChI is InChI=1S/C18H21F3N2S/c19-18(20,21)16-5-1-3-14(9-16)6-7-15-4-2-8-23(10-15)11-17-12-24-13-22-17/h1,3,5,9,12-13,15H,2,4,6-8,10-11H2/t15-/m1/s1. The van der Waals surface area contributed by atoms with Gasteiger partial charge in [0.05, 0.1) is 16.8 Å². The highest BCUT2D eigenvalue weighted by Crippen LogP contribution is 2.30. The monoisotopic (exact) mass is 354 g/mol. The predicted molar refractivity (Wildman–Crippen MR) is 89.9 cm³/mol. The minimum Gasteiger partial charge on any atom is -0.297 e. The molecule has 2 aromatic rings. The van der Waals surface area contributed by atoms with Crippen molar-refractivity contribution < 1.29 is 13.2 Å². The molecule has 0 bridgehead atoms. The summed E-state index contributed by atoms with van der Waals surface area (Å²) in [5, 5.41) is 2.08. The SMILES string of the molecule is FC(F)(F)c1cccc(CC[C@H]2CCCN(Cc3cscn3)C2)c1. The fourth-order valence-corrected chi connectivity index (χ4v) is 3.90. The van der Waals surface area contributed by atoms with Crippen LogP contribution in [0, 0.1) is 5.92 Å². The molecule has 1 aromatic heterocycles. The number of hydrogen-bond donors (Lipinski definition) is 0. The summed E-state index contributed by atoms with van der Waals surface area (Å²) in [6.45, 7) is 2.97. The van der Waals surface area contributed by atoms with Gasteiger partial charge in [0.1, 0.15) is 0 Å². The van der Waals surface area contributed by atoms with E-state index in [0.29, 0.717) is 12.3 Å². The van der Waals surface area contributed by atoms with Gasteiger partial charge in [0.25, 0.3) is 0 Å². The Hall–Kier alpha value is -1.40. The molecule has 0 N–H and O–H groups in total. The summed E-state index contributed by atoms with van der Waals surface area (Å²) in [6.07, 6.45) is -0.302. The first-order valence-electron chi connectivity index (χ1n) is 8.26. The molecule has 3 rings (SSSR count). The number of halogens is 3. The van der Waals surface area contributed by atoms with E-state index in [1.54, 1.807) is 17.4 Å². The Bertz CT molecular complexity index is 640. The first-order valence-corrected chi connectivity index (χ1v) is 9.20. The maximum absolute atomic E-state index is 12.8. The number of alkyl halides is 3. The van der Waals surface area contributed by atoms with Gasteiger partial charge in [0.2, 0.25) is 0 Å². The van der Waals surface area contributed by atoms with Crippen molar-refractivity contribution >= 4 is 11.3 Å². The quantitative estimate of drug-likeness (QED) is 0.751. The van der Waals surface area contributed by atoms with Crippen molar-refractivity contribution in [1.29, 1.82) is 0 Å². The summed E-state index contributed by atoms with van der Waals surface area (Å²) >= 11 is 1.61. The average molecular weight is 354 g/mol. The van der Waals surface area contributed by atoms with Gasteiger partial charge in [-0.1, -0.05) is 18.2 Å². The third-order valence-electron chi connectivity index (χ3n) is 4.57. The predicted octanol–water partition coefficient (Wildman–Crippen LogP) is 5.01. The van der Waals surface area contributed by atoms with Crippen molar-refractivity contribution in [2.24, 2.45) is 5.92 Å². The Labute approximate surface area is 144 Å². The van der Waals surface area contributed by atoms with E-state index in [-0.39, 0.29) is 0 Å². The number of aromatic nitrogens is 1. The van der Waals surface area contributed by atoms with Gasteiger partial charge in [-0.2, -0.15) is 13.2 Å². The van der Waals surface area contributed by atoms with Gasteiger partial charge in [0.15, 0.2) is 0 Å². The number of aryl methyl sites for hydroxylation is 1. The molecule has 0 amide bonds. The van der Waals surface area contributed by atoms with Gasteiger partial charge in [-0.05, 0) is 49.8 Å². The van der Waals surface area contributed by atoms with E-state index in [9.17, 15) is 13.2 Å². The molecular weight excluding hydrogens is 333 g/mol. The van der Waals surface area contributed by atoms with Crippen LogP contribution in [0.4, 0.5) is 13.2 Å². The third kappa shape index (κ3) is 4.80. The Morgan fingerprint density at radius 3 is 2.92 bits per heavy atom. The van der Waals surface area contributed by atoms with E-state index in [1.807, 2.05) is 5.51 Å². The number of hydrogen-bond acceptors (Lipinski definition) is 3. The first-order chi connectivity index (χ1) is 11.5. The summed E-state index contributed by atoms with van der Waals surface area (Å²) in [5.41, 5.74) is 3.19. The van der Waals surface area contributed by atoms with Gasteiger partial charge in [-0.3, -0.25) is 4.90 Å². The molecule has 0 saturated carbocycles. The molecule has 1 aromatic carbocycles. The lowest BCUT2D eigenvalue weighted by atomic mass is 9.91. The molecule has 1 aliphatic rings. The van der Waals surface area contributed by atoms with Crippen molar-refractivity contribution in [2.75, 3.05) is 13.1 Å². The Morgan fingerprint density at radius 2 is 2.17 bits per heavy atom. The van der Waals surface area contributed by atoms with Gasteiger partial charge >= 0.3 is 6.18 Å². The molecule has 2 heterocycles. The molecule has 6 heteroatoms. The number of piperidine rings is 1. The lowest BCUT2D eigenvalue weighted by Gasteiger charge is -2.32. The second kappa shape index (κ2) is 7.66. The number of benzene rings is 1. The zero-order chi connectivity index (χ0) is 17.0.